The number of methoxy groups -OCH3 is 1. The zero-order valence-corrected chi connectivity index (χ0v) is 24.5. The lowest BCUT2D eigenvalue weighted by Gasteiger charge is -2.33. The Kier molecular flexibility index (Phi) is 10.2. The number of likely N-dealkylation sites (N-methyl/N-ethyl adjacent to an activating group) is 1. The van der Waals surface area contributed by atoms with Gasteiger partial charge < -0.3 is 15.0 Å². The first-order valence-electron chi connectivity index (χ1n) is 12.2. The first-order valence-corrected chi connectivity index (χ1v) is 14.4. The maximum atomic E-state index is 14.0. The smallest absolute Gasteiger partial charge is 0.264 e. The molecule has 0 bridgehead atoms. The first-order chi connectivity index (χ1) is 18.5. The number of hydrogen-bond donors (Lipinski definition) is 1. The molecule has 39 heavy (non-hydrogen) atoms. The molecule has 0 aliphatic rings. The number of nitrogens with zero attached hydrogens (tertiary/aromatic N) is 2. The van der Waals surface area contributed by atoms with Gasteiger partial charge in [-0.3, -0.25) is 13.9 Å². The summed E-state index contributed by atoms with van der Waals surface area (Å²) in [6.45, 7) is 3.05. The van der Waals surface area contributed by atoms with Crippen molar-refractivity contribution in [1.82, 2.24) is 10.2 Å². The van der Waals surface area contributed by atoms with Crippen LogP contribution >= 0.6 is 23.2 Å². The molecule has 3 aromatic carbocycles. The predicted molar refractivity (Wildman–Crippen MR) is 154 cm³/mol. The Morgan fingerprint density at radius 2 is 1.72 bits per heavy atom. The molecule has 0 unspecified atom stereocenters. The SMILES string of the molecule is CC[C@@H](C(=O)NC)N(Cc1cccc(OC)c1)C(=O)CN(c1cc(Cl)ccc1Cl)S(=O)(=O)c1ccc(C)cc1. The number of carbonyl (C=O) groups is 2. The Labute approximate surface area is 239 Å². The molecule has 0 saturated carbocycles. The van der Waals surface area contributed by atoms with Crippen molar-refractivity contribution in [3.63, 3.8) is 0 Å². The summed E-state index contributed by atoms with van der Waals surface area (Å²) in [4.78, 5) is 28.1. The summed E-state index contributed by atoms with van der Waals surface area (Å²) >= 11 is 12.6. The fraction of sp³-hybridized carbons (Fsp3) is 0.286. The third-order valence-electron chi connectivity index (χ3n) is 6.18. The van der Waals surface area contributed by atoms with Gasteiger partial charge in [0.15, 0.2) is 0 Å². The first kappa shape index (κ1) is 30.3. The van der Waals surface area contributed by atoms with E-state index in [9.17, 15) is 18.0 Å². The molecule has 0 heterocycles. The van der Waals surface area contributed by atoms with Crippen LogP contribution in [-0.2, 0) is 26.2 Å². The minimum absolute atomic E-state index is 0.0189. The van der Waals surface area contributed by atoms with Gasteiger partial charge in [0.25, 0.3) is 10.0 Å². The molecule has 2 amide bonds. The van der Waals surface area contributed by atoms with Crippen LogP contribution in [0.15, 0.2) is 71.6 Å². The topological polar surface area (TPSA) is 96.0 Å². The summed E-state index contributed by atoms with van der Waals surface area (Å²) in [5.41, 5.74) is 1.63. The summed E-state index contributed by atoms with van der Waals surface area (Å²) in [5.74, 6) is -0.385. The highest BCUT2D eigenvalue weighted by molar-refractivity contribution is 7.92. The average Bonchev–Trinajstić information content (AvgIpc) is 2.93. The second-order valence-electron chi connectivity index (χ2n) is 8.83. The van der Waals surface area contributed by atoms with E-state index in [1.54, 1.807) is 43.3 Å². The number of nitrogens with one attached hydrogen (secondary N) is 1. The zero-order chi connectivity index (χ0) is 28.7. The van der Waals surface area contributed by atoms with Crippen molar-refractivity contribution in [1.29, 1.82) is 0 Å². The molecule has 0 aliphatic carbocycles. The van der Waals surface area contributed by atoms with E-state index in [0.29, 0.717) is 17.7 Å². The minimum Gasteiger partial charge on any atom is -0.497 e. The van der Waals surface area contributed by atoms with E-state index in [1.165, 1.54) is 49.4 Å². The molecular formula is C28H31Cl2N3O5S. The molecule has 8 nitrogen and oxygen atoms in total. The van der Waals surface area contributed by atoms with Crippen LogP contribution < -0.4 is 14.4 Å². The fourth-order valence-electron chi connectivity index (χ4n) is 4.08. The third kappa shape index (κ3) is 7.23. The van der Waals surface area contributed by atoms with Crippen LogP contribution in [0, 0.1) is 6.92 Å². The van der Waals surface area contributed by atoms with Crippen LogP contribution in [0.2, 0.25) is 10.0 Å². The maximum Gasteiger partial charge on any atom is 0.264 e. The summed E-state index contributed by atoms with van der Waals surface area (Å²) in [6, 6.07) is 16.9. The van der Waals surface area contributed by atoms with Crippen molar-refractivity contribution in [2.75, 3.05) is 25.0 Å². The van der Waals surface area contributed by atoms with Gasteiger partial charge in [-0.05, 0) is 61.4 Å². The van der Waals surface area contributed by atoms with E-state index in [4.69, 9.17) is 27.9 Å². The van der Waals surface area contributed by atoms with Crippen LogP contribution in [-0.4, -0.2) is 51.9 Å². The molecule has 208 valence electrons. The summed E-state index contributed by atoms with van der Waals surface area (Å²) < 4.78 is 34.0. The second kappa shape index (κ2) is 13.2. The monoisotopic (exact) mass is 591 g/mol. The van der Waals surface area contributed by atoms with Gasteiger partial charge in [0.2, 0.25) is 11.8 Å². The number of halogens is 2. The summed E-state index contributed by atoms with van der Waals surface area (Å²) in [7, 11) is -1.24. The number of aryl methyl sites for hydroxylation is 1. The van der Waals surface area contributed by atoms with Crippen molar-refractivity contribution in [3.05, 3.63) is 87.9 Å². The molecular weight excluding hydrogens is 561 g/mol. The van der Waals surface area contributed by atoms with Gasteiger partial charge >= 0.3 is 0 Å². The van der Waals surface area contributed by atoms with Gasteiger partial charge in [0.05, 0.1) is 22.7 Å². The van der Waals surface area contributed by atoms with Crippen molar-refractivity contribution >= 4 is 50.7 Å². The van der Waals surface area contributed by atoms with E-state index in [2.05, 4.69) is 5.32 Å². The van der Waals surface area contributed by atoms with Gasteiger partial charge in [-0.1, -0.05) is 60.0 Å². The molecule has 0 fully saturated rings. The second-order valence-corrected chi connectivity index (χ2v) is 11.5. The summed E-state index contributed by atoms with van der Waals surface area (Å²) in [6.07, 6.45) is 0.304. The maximum absolute atomic E-state index is 14.0. The number of ether oxygens (including phenoxy) is 1. The van der Waals surface area contributed by atoms with Crippen molar-refractivity contribution < 1.29 is 22.7 Å². The molecule has 0 saturated heterocycles. The quantitative estimate of drug-likeness (QED) is 0.336. The number of hydrogen-bond acceptors (Lipinski definition) is 5. The van der Waals surface area contributed by atoms with Crippen LogP contribution in [0.3, 0.4) is 0 Å². The molecule has 3 aromatic rings. The Hall–Kier alpha value is -3.27. The Balaban J connectivity index is 2.11. The number of carbonyl (C=O) groups excluding carboxylic acids is 2. The Morgan fingerprint density at radius 1 is 1.03 bits per heavy atom. The van der Waals surface area contributed by atoms with Crippen molar-refractivity contribution in [3.8, 4) is 5.75 Å². The highest BCUT2D eigenvalue weighted by atomic mass is 35.5. The van der Waals surface area contributed by atoms with Gasteiger partial charge in [-0.15, -0.1) is 0 Å². The van der Waals surface area contributed by atoms with Crippen molar-refractivity contribution in [2.24, 2.45) is 0 Å². The van der Waals surface area contributed by atoms with E-state index in [0.717, 1.165) is 9.87 Å². The molecule has 11 heteroatoms. The zero-order valence-electron chi connectivity index (χ0n) is 22.1. The number of amides is 2. The summed E-state index contributed by atoms with van der Waals surface area (Å²) in [5, 5.41) is 2.94. The van der Waals surface area contributed by atoms with Crippen LogP contribution in [0.25, 0.3) is 0 Å². The third-order valence-corrected chi connectivity index (χ3v) is 8.51. The van der Waals surface area contributed by atoms with Gasteiger partial charge in [-0.25, -0.2) is 8.42 Å². The molecule has 1 atom stereocenters. The number of sulfonamides is 1. The van der Waals surface area contributed by atoms with E-state index < -0.39 is 28.5 Å². The van der Waals surface area contributed by atoms with Gasteiger partial charge in [0.1, 0.15) is 18.3 Å². The number of rotatable bonds is 11. The normalized spacial score (nSPS) is 11.9. The average molecular weight is 593 g/mol. The highest BCUT2D eigenvalue weighted by Gasteiger charge is 2.34. The highest BCUT2D eigenvalue weighted by Crippen LogP contribution is 2.33. The fourth-order valence-corrected chi connectivity index (χ4v) is 5.94. The molecule has 0 radical (unpaired) electrons. The Morgan fingerprint density at radius 3 is 2.33 bits per heavy atom. The van der Waals surface area contributed by atoms with E-state index >= 15 is 0 Å². The predicted octanol–water partition coefficient (Wildman–Crippen LogP) is 5.06. The lowest BCUT2D eigenvalue weighted by atomic mass is 10.1. The number of anilines is 1. The van der Waals surface area contributed by atoms with E-state index in [-0.39, 0.29) is 33.1 Å². The van der Waals surface area contributed by atoms with Crippen LogP contribution in [0.5, 0.6) is 5.75 Å². The molecule has 0 spiro atoms. The molecule has 1 N–H and O–H groups in total. The largest absolute Gasteiger partial charge is 0.497 e. The standard InChI is InChI=1S/C28H31Cl2N3O5S/c1-5-25(28(35)31-3)32(17-20-7-6-8-22(15-20)38-4)27(34)18-33(26-16-21(29)11-14-24(26)30)39(36,37)23-12-9-19(2)10-13-23/h6-16,25H,5,17-18H2,1-4H3,(H,31,35)/t25-/m0/s1. The lowest BCUT2D eigenvalue weighted by Crippen LogP contribution is -2.51. The number of benzene rings is 3. The van der Waals surface area contributed by atoms with Crippen LogP contribution in [0.1, 0.15) is 24.5 Å². The molecule has 3 rings (SSSR count). The van der Waals surface area contributed by atoms with Gasteiger partial charge in [0, 0.05) is 18.6 Å². The van der Waals surface area contributed by atoms with Crippen LogP contribution in [0.4, 0.5) is 5.69 Å². The molecule has 0 aliphatic heterocycles. The minimum atomic E-state index is -4.26. The van der Waals surface area contributed by atoms with Gasteiger partial charge in [-0.2, -0.15) is 0 Å². The lowest BCUT2D eigenvalue weighted by molar-refractivity contribution is -0.140. The molecule has 0 aromatic heterocycles. The van der Waals surface area contributed by atoms with Crippen molar-refractivity contribution in [2.45, 2.75) is 37.8 Å². The van der Waals surface area contributed by atoms with E-state index in [1.807, 2.05) is 6.92 Å². The Bertz CT molecular complexity index is 1430.